The SMILES string of the molecule is COc1cccc(-n2c(=O)[nH]c3c(C(N)=O)nc(-c4cc(Br)ccc4OC)nc32)c1. The minimum Gasteiger partial charge on any atom is -0.497 e. The first-order valence-electron chi connectivity index (χ1n) is 8.74. The summed E-state index contributed by atoms with van der Waals surface area (Å²) in [6.45, 7) is 0. The Morgan fingerprint density at radius 3 is 2.63 bits per heavy atom. The van der Waals surface area contributed by atoms with E-state index in [0.29, 0.717) is 22.7 Å². The molecule has 0 spiro atoms. The predicted molar refractivity (Wildman–Crippen MR) is 114 cm³/mol. The van der Waals surface area contributed by atoms with E-state index in [2.05, 4.69) is 30.9 Å². The molecule has 2 aromatic heterocycles. The Hall–Kier alpha value is -3.66. The Kier molecular flexibility index (Phi) is 5.00. The van der Waals surface area contributed by atoms with Crippen molar-refractivity contribution in [1.29, 1.82) is 0 Å². The third kappa shape index (κ3) is 3.30. The minimum absolute atomic E-state index is 0.101. The highest BCUT2D eigenvalue weighted by Gasteiger charge is 2.21. The van der Waals surface area contributed by atoms with Gasteiger partial charge in [-0.1, -0.05) is 22.0 Å². The number of carbonyl (C=O) groups is 1. The topological polar surface area (TPSA) is 125 Å². The van der Waals surface area contributed by atoms with E-state index >= 15 is 0 Å². The van der Waals surface area contributed by atoms with E-state index in [1.54, 1.807) is 42.5 Å². The number of nitrogens with two attached hydrogens (primary N) is 1. The maximum Gasteiger partial charge on any atom is 0.332 e. The number of amides is 1. The number of H-pyrrole nitrogens is 1. The van der Waals surface area contributed by atoms with Gasteiger partial charge in [0.2, 0.25) is 0 Å². The molecule has 4 rings (SSSR count). The van der Waals surface area contributed by atoms with Gasteiger partial charge < -0.3 is 20.2 Å². The summed E-state index contributed by atoms with van der Waals surface area (Å²) in [4.78, 5) is 36.4. The Morgan fingerprint density at radius 2 is 1.93 bits per heavy atom. The number of nitrogens with one attached hydrogen (secondary N) is 1. The predicted octanol–water partition coefficient (Wildman–Crippen LogP) is 2.65. The summed E-state index contributed by atoms with van der Waals surface area (Å²) in [6, 6.07) is 12.2. The van der Waals surface area contributed by atoms with Crippen LogP contribution in [-0.2, 0) is 0 Å². The number of aromatic amines is 1. The second-order valence-corrected chi connectivity index (χ2v) is 7.19. The van der Waals surface area contributed by atoms with Gasteiger partial charge in [-0.05, 0) is 30.3 Å². The maximum absolute atomic E-state index is 12.8. The molecular formula is C20H16BrN5O4. The van der Waals surface area contributed by atoms with E-state index in [0.717, 1.165) is 4.47 Å². The van der Waals surface area contributed by atoms with Crippen LogP contribution in [0, 0.1) is 0 Å². The number of fused-ring (bicyclic) bond motifs is 1. The van der Waals surface area contributed by atoms with Crippen molar-refractivity contribution in [1.82, 2.24) is 19.5 Å². The van der Waals surface area contributed by atoms with Gasteiger partial charge in [-0.2, -0.15) is 0 Å². The Bertz CT molecular complexity index is 1350. The number of nitrogens with zero attached hydrogens (tertiary/aromatic N) is 3. The van der Waals surface area contributed by atoms with Crippen molar-refractivity contribution in [3.05, 3.63) is 63.1 Å². The number of halogens is 1. The van der Waals surface area contributed by atoms with E-state index in [4.69, 9.17) is 15.2 Å². The van der Waals surface area contributed by atoms with Gasteiger partial charge in [-0.15, -0.1) is 0 Å². The summed E-state index contributed by atoms with van der Waals surface area (Å²) in [6.07, 6.45) is 0. The molecule has 30 heavy (non-hydrogen) atoms. The molecule has 1 amide bonds. The van der Waals surface area contributed by atoms with Gasteiger partial charge in [0.25, 0.3) is 5.91 Å². The second-order valence-electron chi connectivity index (χ2n) is 6.27. The molecule has 3 N–H and O–H groups in total. The molecule has 2 aromatic carbocycles. The largest absolute Gasteiger partial charge is 0.497 e. The van der Waals surface area contributed by atoms with Crippen molar-refractivity contribution in [3.63, 3.8) is 0 Å². The van der Waals surface area contributed by atoms with Crippen molar-refractivity contribution in [3.8, 4) is 28.6 Å². The standard InChI is InChI=1S/C20H16BrN5O4/c1-29-12-5-3-4-11(9-12)26-19-16(24-20(26)28)15(17(22)27)23-18(25-19)13-8-10(21)6-7-14(13)30-2/h3-9H,1-2H3,(H2,22,27)(H,24,28). The van der Waals surface area contributed by atoms with Crippen LogP contribution in [0.5, 0.6) is 11.5 Å². The molecule has 0 saturated heterocycles. The highest BCUT2D eigenvalue weighted by Crippen LogP contribution is 2.32. The molecule has 0 aliphatic rings. The van der Waals surface area contributed by atoms with Gasteiger partial charge in [0.05, 0.1) is 25.5 Å². The first-order chi connectivity index (χ1) is 14.4. The number of methoxy groups -OCH3 is 2. The van der Waals surface area contributed by atoms with E-state index in [1.807, 2.05) is 0 Å². The van der Waals surface area contributed by atoms with Gasteiger partial charge in [0.1, 0.15) is 17.0 Å². The summed E-state index contributed by atoms with van der Waals surface area (Å²) in [5, 5.41) is 0. The lowest BCUT2D eigenvalue weighted by Crippen LogP contribution is -2.15. The Labute approximate surface area is 178 Å². The smallest absolute Gasteiger partial charge is 0.332 e. The van der Waals surface area contributed by atoms with Crippen LogP contribution in [-0.4, -0.2) is 39.6 Å². The van der Waals surface area contributed by atoms with Crippen LogP contribution in [0.3, 0.4) is 0 Å². The number of rotatable bonds is 5. The highest BCUT2D eigenvalue weighted by molar-refractivity contribution is 9.10. The molecule has 10 heteroatoms. The number of aromatic nitrogens is 4. The van der Waals surface area contributed by atoms with E-state index < -0.39 is 11.6 Å². The number of hydrogen-bond donors (Lipinski definition) is 2. The maximum atomic E-state index is 12.8. The molecule has 0 atom stereocenters. The van der Waals surface area contributed by atoms with Crippen LogP contribution < -0.4 is 20.9 Å². The lowest BCUT2D eigenvalue weighted by atomic mass is 10.1. The number of benzene rings is 2. The first kappa shape index (κ1) is 19.6. The average Bonchev–Trinajstić information content (AvgIpc) is 3.08. The summed E-state index contributed by atoms with van der Waals surface area (Å²) < 4.78 is 12.8. The van der Waals surface area contributed by atoms with Crippen molar-refractivity contribution in [2.45, 2.75) is 0 Å². The zero-order valence-electron chi connectivity index (χ0n) is 16.0. The van der Waals surface area contributed by atoms with Gasteiger partial charge in [0, 0.05) is 10.5 Å². The Balaban J connectivity index is 2.07. The van der Waals surface area contributed by atoms with Gasteiger partial charge in [0.15, 0.2) is 17.2 Å². The number of hydrogen-bond acceptors (Lipinski definition) is 6. The molecule has 9 nitrogen and oxygen atoms in total. The summed E-state index contributed by atoms with van der Waals surface area (Å²) in [7, 11) is 3.05. The van der Waals surface area contributed by atoms with Crippen molar-refractivity contribution >= 4 is 33.0 Å². The number of ether oxygens (including phenoxy) is 2. The van der Waals surface area contributed by atoms with Crippen LogP contribution in [0.2, 0.25) is 0 Å². The fourth-order valence-corrected chi connectivity index (χ4v) is 3.49. The molecule has 152 valence electrons. The minimum atomic E-state index is -0.795. The molecule has 0 aliphatic heterocycles. The third-order valence-corrected chi connectivity index (χ3v) is 4.98. The lowest BCUT2D eigenvalue weighted by molar-refractivity contribution is 0.0997. The van der Waals surface area contributed by atoms with E-state index in [1.165, 1.54) is 18.8 Å². The molecule has 2 heterocycles. The lowest BCUT2D eigenvalue weighted by Gasteiger charge is -2.10. The summed E-state index contributed by atoms with van der Waals surface area (Å²) in [5.74, 6) is 0.451. The molecule has 0 bridgehead atoms. The van der Waals surface area contributed by atoms with Crippen LogP contribution in [0.25, 0.3) is 28.2 Å². The zero-order valence-corrected chi connectivity index (χ0v) is 17.6. The normalized spacial score (nSPS) is 10.9. The summed E-state index contributed by atoms with van der Waals surface area (Å²) in [5.41, 5.74) is 6.34. The quantitative estimate of drug-likeness (QED) is 0.462. The molecular weight excluding hydrogens is 454 g/mol. The van der Waals surface area contributed by atoms with E-state index in [9.17, 15) is 9.59 Å². The molecule has 0 fully saturated rings. The third-order valence-electron chi connectivity index (χ3n) is 4.48. The van der Waals surface area contributed by atoms with Gasteiger partial charge in [-0.3, -0.25) is 4.79 Å². The number of carbonyl (C=O) groups excluding carboxylic acids is 1. The van der Waals surface area contributed by atoms with Crippen LogP contribution in [0.15, 0.2) is 51.7 Å². The number of imidazole rings is 1. The molecule has 0 saturated carbocycles. The number of primary amides is 1. The average molecular weight is 470 g/mol. The van der Waals surface area contributed by atoms with Gasteiger partial charge in [-0.25, -0.2) is 19.3 Å². The first-order valence-corrected chi connectivity index (χ1v) is 9.53. The summed E-state index contributed by atoms with van der Waals surface area (Å²) >= 11 is 3.41. The highest BCUT2D eigenvalue weighted by atomic mass is 79.9. The van der Waals surface area contributed by atoms with Crippen molar-refractivity contribution < 1.29 is 14.3 Å². The second kappa shape index (κ2) is 7.64. The van der Waals surface area contributed by atoms with Crippen molar-refractivity contribution in [2.24, 2.45) is 5.73 Å². The molecule has 0 radical (unpaired) electrons. The van der Waals surface area contributed by atoms with Crippen molar-refractivity contribution in [2.75, 3.05) is 14.2 Å². The van der Waals surface area contributed by atoms with Crippen LogP contribution >= 0.6 is 15.9 Å². The van der Waals surface area contributed by atoms with Crippen LogP contribution in [0.4, 0.5) is 0 Å². The Morgan fingerprint density at radius 1 is 1.13 bits per heavy atom. The molecule has 0 aliphatic carbocycles. The molecule has 0 unspecified atom stereocenters. The van der Waals surface area contributed by atoms with E-state index in [-0.39, 0.29) is 22.7 Å². The molecule has 4 aromatic rings. The monoisotopic (exact) mass is 469 g/mol. The van der Waals surface area contributed by atoms with Crippen LogP contribution in [0.1, 0.15) is 10.5 Å². The fraction of sp³-hybridized carbons (Fsp3) is 0.100. The zero-order chi connectivity index (χ0) is 21.4. The fourth-order valence-electron chi connectivity index (χ4n) is 3.13. The van der Waals surface area contributed by atoms with Gasteiger partial charge >= 0.3 is 5.69 Å².